The second-order valence-electron chi connectivity index (χ2n) is 6.89. The molecule has 0 fully saturated rings. The summed E-state index contributed by atoms with van der Waals surface area (Å²) >= 11 is 0. The molecule has 0 atom stereocenters. The summed E-state index contributed by atoms with van der Waals surface area (Å²) in [5.74, 6) is 0.959. The molecule has 1 aromatic carbocycles. The van der Waals surface area contributed by atoms with E-state index in [1.807, 2.05) is 74.0 Å². The lowest BCUT2D eigenvalue weighted by Gasteiger charge is -2.23. The Balaban J connectivity index is 1.68. The first-order chi connectivity index (χ1) is 13.0. The van der Waals surface area contributed by atoms with Crippen LogP contribution in [0.4, 0.5) is 5.95 Å². The lowest BCUT2D eigenvalue weighted by molar-refractivity contribution is -0.120. The predicted octanol–water partition coefficient (Wildman–Crippen LogP) is 3.14. The summed E-state index contributed by atoms with van der Waals surface area (Å²) in [7, 11) is 0. The maximum absolute atomic E-state index is 12.9. The van der Waals surface area contributed by atoms with Crippen molar-refractivity contribution in [2.24, 2.45) is 0 Å². The van der Waals surface area contributed by atoms with Crippen molar-refractivity contribution in [2.75, 3.05) is 5.32 Å². The lowest BCUT2D eigenvalue weighted by Crippen LogP contribution is -2.35. The van der Waals surface area contributed by atoms with E-state index in [9.17, 15) is 4.79 Å². The normalized spacial score (nSPS) is 11.7. The fourth-order valence-corrected chi connectivity index (χ4v) is 3.01. The van der Waals surface area contributed by atoms with Crippen molar-refractivity contribution in [2.45, 2.75) is 26.2 Å². The van der Waals surface area contributed by atoms with Gasteiger partial charge in [0.05, 0.1) is 11.1 Å². The summed E-state index contributed by atoms with van der Waals surface area (Å²) < 4.78 is 3.59. The van der Waals surface area contributed by atoms with Gasteiger partial charge in [-0.1, -0.05) is 30.3 Å². The van der Waals surface area contributed by atoms with E-state index in [0.717, 1.165) is 17.1 Å². The summed E-state index contributed by atoms with van der Waals surface area (Å²) in [5, 5.41) is 7.25. The van der Waals surface area contributed by atoms with Crippen LogP contribution in [0.1, 0.15) is 25.2 Å². The molecule has 27 heavy (non-hydrogen) atoms. The zero-order chi connectivity index (χ0) is 19.0. The highest BCUT2D eigenvalue weighted by molar-refractivity contribution is 5.97. The number of anilines is 1. The van der Waals surface area contributed by atoms with E-state index < -0.39 is 5.41 Å². The zero-order valence-electron chi connectivity index (χ0n) is 15.4. The Hall–Kier alpha value is -3.48. The summed E-state index contributed by atoms with van der Waals surface area (Å²) in [6.45, 7) is 5.69. The molecule has 0 radical (unpaired) electrons. The summed E-state index contributed by atoms with van der Waals surface area (Å²) in [4.78, 5) is 21.6. The Morgan fingerprint density at radius 3 is 2.56 bits per heavy atom. The molecule has 7 heteroatoms. The molecule has 136 valence electrons. The number of carbonyl (C=O) groups excluding carboxylic acids is 1. The molecule has 3 heterocycles. The number of pyridine rings is 1. The van der Waals surface area contributed by atoms with Gasteiger partial charge >= 0.3 is 0 Å². The number of fused-ring (bicyclic) bond motifs is 1. The van der Waals surface area contributed by atoms with Crippen molar-refractivity contribution in [3.63, 3.8) is 0 Å². The van der Waals surface area contributed by atoms with Gasteiger partial charge in [0.2, 0.25) is 11.9 Å². The predicted molar refractivity (Wildman–Crippen MR) is 103 cm³/mol. The molecule has 0 aliphatic heterocycles. The van der Waals surface area contributed by atoms with Crippen molar-refractivity contribution in [1.29, 1.82) is 0 Å². The third kappa shape index (κ3) is 2.97. The molecule has 4 aromatic rings. The molecule has 0 saturated carbocycles. The van der Waals surface area contributed by atoms with Crippen molar-refractivity contribution in [1.82, 2.24) is 24.1 Å². The van der Waals surface area contributed by atoms with Crippen molar-refractivity contribution < 1.29 is 4.79 Å². The Morgan fingerprint density at radius 2 is 1.85 bits per heavy atom. The van der Waals surface area contributed by atoms with Crippen LogP contribution in [0, 0.1) is 6.92 Å². The van der Waals surface area contributed by atoms with Crippen molar-refractivity contribution in [3.8, 4) is 5.69 Å². The van der Waals surface area contributed by atoms with Crippen molar-refractivity contribution in [3.05, 3.63) is 72.4 Å². The highest BCUT2D eigenvalue weighted by atomic mass is 16.2. The largest absolute Gasteiger partial charge is 0.300 e. The number of nitrogens with one attached hydrogen (secondary N) is 1. The van der Waals surface area contributed by atoms with Gasteiger partial charge in [-0.3, -0.25) is 10.1 Å². The first kappa shape index (κ1) is 17.0. The zero-order valence-corrected chi connectivity index (χ0v) is 15.4. The van der Waals surface area contributed by atoms with Gasteiger partial charge in [-0.05, 0) is 38.5 Å². The van der Waals surface area contributed by atoms with Gasteiger partial charge in [-0.25, -0.2) is 9.50 Å². The molecule has 1 amide bonds. The maximum Gasteiger partial charge on any atom is 0.249 e. The molecule has 0 bridgehead atoms. The number of benzene rings is 1. The third-order valence-corrected chi connectivity index (χ3v) is 4.72. The number of aryl methyl sites for hydroxylation is 1. The quantitative estimate of drug-likeness (QED) is 0.606. The van der Waals surface area contributed by atoms with Gasteiger partial charge in [-0.15, -0.1) is 5.10 Å². The van der Waals surface area contributed by atoms with E-state index in [1.165, 1.54) is 0 Å². The molecule has 0 saturated heterocycles. The molecule has 3 aromatic heterocycles. The number of aromatic nitrogens is 5. The van der Waals surface area contributed by atoms with E-state index in [1.54, 1.807) is 16.9 Å². The molecule has 4 rings (SSSR count). The number of imidazole rings is 1. The molecule has 7 nitrogen and oxygen atoms in total. The highest BCUT2D eigenvalue weighted by Crippen LogP contribution is 2.25. The van der Waals surface area contributed by atoms with Crippen LogP contribution in [0.2, 0.25) is 0 Å². The topological polar surface area (TPSA) is 77.1 Å². The molecule has 1 N–H and O–H groups in total. The van der Waals surface area contributed by atoms with Crippen LogP contribution in [0.25, 0.3) is 11.3 Å². The monoisotopic (exact) mass is 360 g/mol. The van der Waals surface area contributed by atoms with Gasteiger partial charge in [0.1, 0.15) is 5.82 Å². The SMILES string of the molecule is Cc1nccn1-c1cccn2nc(NC(=O)C(C)(C)c3ccccc3)nc12. The summed E-state index contributed by atoms with van der Waals surface area (Å²) in [6, 6.07) is 13.5. The molecule has 0 unspecified atom stereocenters. The molecule has 0 aliphatic rings. The highest BCUT2D eigenvalue weighted by Gasteiger charge is 2.30. The average Bonchev–Trinajstić information content (AvgIpc) is 3.27. The van der Waals surface area contributed by atoms with E-state index in [4.69, 9.17) is 0 Å². The second kappa shape index (κ2) is 6.35. The summed E-state index contributed by atoms with van der Waals surface area (Å²) in [5.41, 5.74) is 1.72. The van der Waals surface area contributed by atoms with Gasteiger partial charge in [0.15, 0.2) is 5.65 Å². The van der Waals surface area contributed by atoms with Crippen LogP contribution < -0.4 is 5.32 Å². The number of hydrogen-bond donors (Lipinski definition) is 1. The third-order valence-electron chi connectivity index (χ3n) is 4.72. The van der Waals surface area contributed by atoms with Crippen LogP contribution in [0.5, 0.6) is 0 Å². The fraction of sp³-hybridized carbons (Fsp3) is 0.200. The first-order valence-corrected chi connectivity index (χ1v) is 8.69. The fourth-order valence-electron chi connectivity index (χ4n) is 3.01. The van der Waals surface area contributed by atoms with Gasteiger partial charge in [-0.2, -0.15) is 4.98 Å². The number of nitrogens with zero attached hydrogens (tertiary/aromatic N) is 5. The molecular formula is C20H20N6O. The van der Waals surface area contributed by atoms with Crippen molar-refractivity contribution >= 4 is 17.5 Å². The Morgan fingerprint density at radius 1 is 1.07 bits per heavy atom. The first-order valence-electron chi connectivity index (χ1n) is 8.69. The average molecular weight is 360 g/mol. The Labute approximate surface area is 156 Å². The maximum atomic E-state index is 12.9. The number of amides is 1. The van der Waals surface area contributed by atoms with Crippen LogP contribution >= 0.6 is 0 Å². The van der Waals surface area contributed by atoms with E-state index in [-0.39, 0.29) is 11.9 Å². The van der Waals surface area contributed by atoms with E-state index in [0.29, 0.717) is 5.65 Å². The van der Waals surface area contributed by atoms with Gasteiger partial charge in [0, 0.05) is 18.6 Å². The molecular weight excluding hydrogens is 340 g/mol. The Bertz CT molecular complexity index is 1110. The molecule has 0 aliphatic carbocycles. The Kier molecular flexibility index (Phi) is 3.99. The number of rotatable bonds is 4. The van der Waals surface area contributed by atoms with Crippen LogP contribution in [0.3, 0.4) is 0 Å². The lowest BCUT2D eigenvalue weighted by atomic mass is 9.84. The van der Waals surface area contributed by atoms with Crippen LogP contribution in [0.15, 0.2) is 61.1 Å². The van der Waals surface area contributed by atoms with E-state index >= 15 is 0 Å². The number of hydrogen-bond acceptors (Lipinski definition) is 4. The minimum atomic E-state index is -0.706. The van der Waals surface area contributed by atoms with Gasteiger partial charge in [0.25, 0.3) is 0 Å². The number of carbonyl (C=O) groups is 1. The van der Waals surface area contributed by atoms with Crippen LogP contribution in [-0.2, 0) is 10.2 Å². The standard InChI is InChI=1S/C20H20N6O/c1-14-21-11-13-25(14)16-10-7-12-26-17(16)22-19(24-26)23-18(27)20(2,3)15-8-5-4-6-9-15/h4-13H,1-3H3,(H,23,24,27). The van der Waals surface area contributed by atoms with Crippen LogP contribution in [-0.4, -0.2) is 30.1 Å². The smallest absolute Gasteiger partial charge is 0.249 e. The molecule has 0 spiro atoms. The second-order valence-corrected chi connectivity index (χ2v) is 6.89. The summed E-state index contributed by atoms with van der Waals surface area (Å²) in [6.07, 6.45) is 5.41. The van der Waals surface area contributed by atoms with E-state index in [2.05, 4.69) is 20.4 Å². The van der Waals surface area contributed by atoms with Gasteiger partial charge < -0.3 is 4.57 Å². The minimum absolute atomic E-state index is 0.162. The minimum Gasteiger partial charge on any atom is -0.300 e.